The van der Waals surface area contributed by atoms with Crippen molar-refractivity contribution in [3.05, 3.63) is 0 Å². The van der Waals surface area contributed by atoms with Gasteiger partial charge < -0.3 is 19.5 Å². The maximum atomic E-state index is 6.26. The molecule has 0 aromatic heterocycles. The first kappa shape index (κ1) is 11.9. The molecule has 1 N–H and O–H groups in total. The van der Waals surface area contributed by atoms with Crippen LogP contribution in [-0.2, 0) is 14.2 Å². The molecule has 3 aliphatic heterocycles. The summed E-state index contributed by atoms with van der Waals surface area (Å²) in [6.07, 6.45) is 4.52. The second-order valence-electron chi connectivity index (χ2n) is 5.93. The van der Waals surface area contributed by atoms with E-state index < -0.39 is 0 Å². The summed E-state index contributed by atoms with van der Waals surface area (Å²) in [7, 11) is 0. The number of hydrogen-bond donors (Lipinski definition) is 1. The van der Waals surface area contributed by atoms with Crippen molar-refractivity contribution in [1.82, 2.24) is 5.32 Å². The third-order valence-corrected chi connectivity index (χ3v) is 4.30. The lowest BCUT2D eigenvalue weighted by Gasteiger charge is -2.47. The fraction of sp³-hybridized carbons (Fsp3) is 1.00. The van der Waals surface area contributed by atoms with Crippen LogP contribution in [0.4, 0.5) is 0 Å². The average molecular weight is 241 g/mol. The van der Waals surface area contributed by atoms with Crippen molar-refractivity contribution < 1.29 is 14.2 Å². The minimum atomic E-state index is 0.0503. The number of rotatable bonds is 2. The van der Waals surface area contributed by atoms with Crippen LogP contribution < -0.4 is 5.32 Å². The second-order valence-corrected chi connectivity index (χ2v) is 5.93. The van der Waals surface area contributed by atoms with Gasteiger partial charge in [-0.15, -0.1) is 0 Å². The summed E-state index contributed by atoms with van der Waals surface area (Å²) in [4.78, 5) is 0. The lowest BCUT2D eigenvalue weighted by molar-refractivity contribution is -0.200. The van der Waals surface area contributed by atoms with Gasteiger partial charge in [0.1, 0.15) is 0 Å². The van der Waals surface area contributed by atoms with Crippen LogP contribution in [0.1, 0.15) is 32.6 Å². The Kier molecular flexibility index (Phi) is 3.15. The second kappa shape index (κ2) is 4.50. The molecule has 3 saturated heterocycles. The van der Waals surface area contributed by atoms with Gasteiger partial charge in [-0.05, 0) is 26.2 Å². The Balaban J connectivity index is 1.59. The molecule has 4 heteroatoms. The van der Waals surface area contributed by atoms with Crippen LogP contribution in [-0.4, -0.2) is 50.2 Å². The Morgan fingerprint density at radius 1 is 1.18 bits per heavy atom. The standard InChI is InChI=1S/C13H23NO3/c1-12(9-14-10-12)17-11-2-5-16-13(8-11)3-6-15-7-4-13/h11,14H,2-10H2,1H3. The topological polar surface area (TPSA) is 39.7 Å². The summed E-state index contributed by atoms with van der Waals surface area (Å²) in [5, 5.41) is 3.29. The third-order valence-electron chi connectivity index (χ3n) is 4.30. The zero-order valence-corrected chi connectivity index (χ0v) is 10.7. The van der Waals surface area contributed by atoms with Crippen molar-refractivity contribution in [2.24, 2.45) is 0 Å². The highest BCUT2D eigenvalue weighted by Crippen LogP contribution is 2.37. The molecule has 98 valence electrons. The molecule has 17 heavy (non-hydrogen) atoms. The van der Waals surface area contributed by atoms with Gasteiger partial charge >= 0.3 is 0 Å². The SMILES string of the molecule is CC1(OC2CCOC3(CCOCC3)C2)CNC1. The fourth-order valence-corrected chi connectivity index (χ4v) is 3.14. The highest BCUT2D eigenvalue weighted by Gasteiger charge is 2.43. The van der Waals surface area contributed by atoms with E-state index in [4.69, 9.17) is 14.2 Å². The van der Waals surface area contributed by atoms with E-state index in [0.717, 1.165) is 58.6 Å². The maximum absolute atomic E-state index is 6.26. The predicted octanol–water partition coefficient (Wildman–Crippen LogP) is 1.09. The van der Waals surface area contributed by atoms with E-state index in [0.29, 0.717) is 6.10 Å². The van der Waals surface area contributed by atoms with Gasteiger partial charge in [-0.2, -0.15) is 0 Å². The minimum absolute atomic E-state index is 0.0503. The number of nitrogens with one attached hydrogen (secondary N) is 1. The summed E-state index contributed by atoms with van der Waals surface area (Å²) in [5.74, 6) is 0. The van der Waals surface area contributed by atoms with E-state index in [1.54, 1.807) is 0 Å². The molecular weight excluding hydrogens is 218 g/mol. The number of ether oxygens (including phenoxy) is 3. The molecule has 1 spiro atoms. The molecule has 0 saturated carbocycles. The normalized spacial score (nSPS) is 35.5. The molecular formula is C13H23NO3. The van der Waals surface area contributed by atoms with Gasteiger partial charge in [-0.25, -0.2) is 0 Å². The van der Waals surface area contributed by atoms with Crippen molar-refractivity contribution in [1.29, 1.82) is 0 Å². The van der Waals surface area contributed by atoms with Crippen LogP contribution >= 0.6 is 0 Å². The van der Waals surface area contributed by atoms with Gasteiger partial charge in [0.15, 0.2) is 0 Å². The predicted molar refractivity (Wildman–Crippen MR) is 64.1 cm³/mol. The fourth-order valence-electron chi connectivity index (χ4n) is 3.14. The molecule has 3 heterocycles. The van der Waals surface area contributed by atoms with Crippen LogP contribution in [0, 0.1) is 0 Å². The van der Waals surface area contributed by atoms with E-state index in [2.05, 4.69) is 12.2 Å². The van der Waals surface area contributed by atoms with Gasteiger partial charge in [0.2, 0.25) is 0 Å². The van der Waals surface area contributed by atoms with Crippen LogP contribution in [0.3, 0.4) is 0 Å². The molecule has 0 aromatic rings. The molecule has 1 unspecified atom stereocenters. The van der Waals surface area contributed by atoms with Gasteiger partial charge in [-0.1, -0.05) is 0 Å². The van der Waals surface area contributed by atoms with Crippen LogP contribution in [0.25, 0.3) is 0 Å². The van der Waals surface area contributed by atoms with Crippen molar-refractivity contribution in [2.45, 2.75) is 49.9 Å². The molecule has 0 amide bonds. The van der Waals surface area contributed by atoms with Gasteiger partial charge in [0, 0.05) is 39.3 Å². The maximum Gasteiger partial charge on any atom is 0.0905 e. The molecule has 0 aliphatic carbocycles. The van der Waals surface area contributed by atoms with Crippen LogP contribution in [0.5, 0.6) is 0 Å². The molecule has 3 aliphatic rings. The first-order chi connectivity index (χ1) is 8.20. The first-order valence-electron chi connectivity index (χ1n) is 6.80. The Hall–Kier alpha value is -0.160. The summed E-state index contributed by atoms with van der Waals surface area (Å²) < 4.78 is 17.7. The zero-order chi connectivity index (χ0) is 11.8. The van der Waals surface area contributed by atoms with E-state index in [1.807, 2.05) is 0 Å². The van der Waals surface area contributed by atoms with Gasteiger partial charge in [-0.3, -0.25) is 0 Å². The molecule has 4 nitrogen and oxygen atoms in total. The van der Waals surface area contributed by atoms with E-state index >= 15 is 0 Å². The Labute approximate surface area is 103 Å². The van der Waals surface area contributed by atoms with Crippen LogP contribution in [0.15, 0.2) is 0 Å². The summed E-state index contributed by atoms with van der Waals surface area (Å²) in [6.45, 7) is 6.70. The largest absolute Gasteiger partial charge is 0.381 e. The summed E-state index contributed by atoms with van der Waals surface area (Å²) in [6, 6.07) is 0. The third kappa shape index (κ3) is 2.50. The molecule has 0 aromatic carbocycles. The Morgan fingerprint density at radius 2 is 1.94 bits per heavy atom. The summed E-state index contributed by atoms with van der Waals surface area (Å²) >= 11 is 0. The molecule has 0 radical (unpaired) electrons. The van der Waals surface area contributed by atoms with Crippen molar-refractivity contribution in [3.63, 3.8) is 0 Å². The highest BCUT2D eigenvalue weighted by molar-refractivity contribution is 4.95. The average Bonchev–Trinajstić information content (AvgIpc) is 2.28. The Morgan fingerprint density at radius 3 is 2.59 bits per heavy atom. The van der Waals surface area contributed by atoms with E-state index in [9.17, 15) is 0 Å². The lowest BCUT2D eigenvalue weighted by atomic mass is 9.84. The summed E-state index contributed by atoms with van der Waals surface area (Å²) in [5.41, 5.74) is 0.114. The molecule has 1 atom stereocenters. The van der Waals surface area contributed by atoms with Gasteiger partial charge in [0.25, 0.3) is 0 Å². The van der Waals surface area contributed by atoms with Crippen molar-refractivity contribution in [3.8, 4) is 0 Å². The van der Waals surface area contributed by atoms with Gasteiger partial charge in [0.05, 0.1) is 17.3 Å². The van der Waals surface area contributed by atoms with Crippen molar-refractivity contribution in [2.75, 3.05) is 32.9 Å². The monoisotopic (exact) mass is 241 g/mol. The smallest absolute Gasteiger partial charge is 0.0905 e. The minimum Gasteiger partial charge on any atom is -0.381 e. The molecule has 3 rings (SSSR count). The first-order valence-corrected chi connectivity index (χ1v) is 6.80. The lowest BCUT2D eigenvalue weighted by Crippen LogP contribution is -2.61. The molecule has 0 bridgehead atoms. The van der Waals surface area contributed by atoms with Crippen molar-refractivity contribution >= 4 is 0 Å². The quantitative estimate of drug-likeness (QED) is 0.785. The zero-order valence-electron chi connectivity index (χ0n) is 10.7. The Bertz CT molecular complexity index is 266. The van der Waals surface area contributed by atoms with E-state index in [-0.39, 0.29) is 11.2 Å². The number of hydrogen-bond acceptors (Lipinski definition) is 4. The van der Waals surface area contributed by atoms with E-state index in [1.165, 1.54) is 0 Å². The molecule has 3 fully saturated rings. The van der Waals surface area contributed by atoms with Crippen LogP contribution in [0.2, 0.25) is 0 Å². The highest BCUT2D eigenvalue weighted by atomic mass is 16.5.